The third-order valence-electron chi connectivity index (χ3n) is 2.00. The predicted molar refractivity (Wildman–Crippen MR) is 72.4 cm³/mol. The lowest BCUT2D eigenvalue weighted by Crippen LogP contribution is -1.89. The van der Waals surface area contributed by atoms with Crippen LogP contribution in [0, 0.1) is 0 Å². The summed E-state index contributed by atoms with van der Waals surface area (Å²) < 4.78 is 0.534. The van der Waals surface area contributed by atoms with Crippen molar-refractivity contribution in [3.05, 3.63) is 31.8 Å². The van der Waals surface area contributed by atoms with Gasteiger partial charge in [-0.2, -0.15) is 0 Å². The SMILES string of the molecule is CCc1ccc(-c2nc(Cl)c(Br)c(Cl)n2)s1. The van der Waals surface area contributed by atoms with Gasteiger partial charge in [0.25, 0.3) is 0 Å². The van der Waals surface area contributed by atoms with Crippen molar-refractivity contribution in [1.29, 1.82) is 0 Å². The van der Waals surface area contributed by atoms with Gasteiger partial charge in [-0.15, -0.1) is 11.3 Å². The van der Waals surface area contributed by atoms with E-state index in [1.165, 1.54) is 4.88 Å². The average molecular weight is 338 g/mol. The smallest absolute Gasteiger partial charge is 0.172 e. The highest BCUT2D eigenvalue weighted by molar-refractivity contribution is 9.10. The van der Waals surface area contributed by atoms with Crippen LogP contribution in [-0.2, 0) is 6.42 Å². The number of aromatic nitrogens is 2. The molecule has 16 heavy (non-hydrogen) atoms. The second kappa shape index (κ2) is 5.00. The minimum Gasteiger partial charge on any atom is -0.214 e. The molecule has 0 saturated carbocycles. The van der Waals surface area contributed by atoms with Gasteiger partial charge < -0.3 is 0 Å². The maximum Gasteiger partial charge on any atom is 0.172 e. The summed E-state index contributed by atoms with van der Waals surface area (Å²) in [7, 11) is 0. The average Bonchev–Trinajstić information content (AvgIpc) is 2.73. The van der Waals surface area contributed by atoms with Crippen LogP contribution >= 0.6 is 50.5 Å². The van der Waals surface area contributed by atoms with Gasteiger partial charge in [0.15, 0.2) is 5.82 Å². The van der Waals surface area contributed by atoms with Gasteiger partial charge in [-0.05, 0) is 34.5 Å². The fourth-order valence-corrected chi connectivity index (χ4v) is 2.64. The molecule has 0 spiro atoms. The first kappa shape index (κ1) is 12.3. The normalized spacial score (nSPS) is 10.8. The molecule has 0 aliphatic rings. The number of thiophene rings is 1. The Morgan fingerprint density at radius 3 is 2.38 bits per heavy atom. The molecule has 84 valence electrons. The van der Waals surface area contributed by atoms with Crippen molar-refractivity contribution in [1.82, 2.24) is 9.97 Å². The van der Waals surface area contributed by atoms with Crippen molar-refractivity contribution in [2.24, 2.45) is 0 Å². The Morgan fingerprint density at radius 1 is 1.25 bits per heavy atom. The van der Waals surface area contributed by atoms with E-state index in [4.69, 9.17) is 23.2 Å². The maximum atomic E-state index is 5.93. The summed E-state index contributed by atoms with van der Waals surface area (Å²) >= 11 is 16.7. The Balaban J connectivity index is 2.48. The van der Waals surface area contributed by atoms with Crippen molar-refractivity contribution in [2.75, 3.05) is 0 Å². The molecule has 0 radical (unpaired) electrons. The van der Waals surface area contributed by atoms with E-state index in [-0.39, 0.29) is 0 Å². The summed E-state index contributed by atoms with van der Waals surface area (Å²) in [6, 6.07) is 4.05. The van der Waals surface area contributed by atoms with Gasteiger partial charge in [0.1, 0.15) is 10.3 Å². The van der Waals surface area contributed by atoms with Crippen LogP contribution in [0.4, 0.5) is 0 Å². The van der Waals surface area contributed by atoms with Gasteiger partial charge in [-0.3, -0.25) is 0 Å². The molecule has 0 aliphatic heterocycles. The van der Waals surface area contributed by atoms with Crippen molar-refractivity contribution in [2.45, 2.75) is 13.3 Å². The van der Waals surface area contributed by atoms with E-state index in [9.17, 15) is 0 Å². The fraction of sp³-hybridized carbons (Fsp3) is 0.200. The number of aryl methyl sites for hydroxylation is 1. The van der Waals surface area contributed by atoms with Crippen LogP contribution in [0.1, 0.15) is 11.8 Å². The van der Waals surface area contributed by atoms with Crippen LogP contribution in [-0.4, -0.2) is 9.97 Å². The summed E-state index contributed by atoms with van der Waals surface area (Å²) in [4.78, 5) is 10.6. The Kier molecular flexibility index (Phi) is 3.85. The molecular weight excluding hydrogens is 331 g/mol. The third kappa shape index (κ3) is 2.40. The van der Waals surface area contributed by atoms with E-state index < -0.39 is 0 Å². The highest BCUT2D eigenvalue weighted by atomic mass is 79.9. The quantitative estimate of drug-likeness (QED) is 0.733. The van der Waals surface area contributed by atoms with Gasteiger partial charge in [-0.1, -0.05) is 30.1 Å². The summed E-state index contributed by atoms with van der Waals surface area (Å²) in [6.45, 7) is 2.11. The summed E-state index contributed by atoms with van der Waals surface area (Å²) in [6.07, 6.45) is 1.00. The van der Waals surface area contributed by atoms with Crippen molar-refractivity contribution in [3.8, 4) is 10.7 Å². The lowest BCUT2D eigenvalue weighted by Gasteiger charge is -2.01. The monoisotopic (exact) mass is 336 g/mol. The molecule has 0 aromatic carbocycles. The molecule has 0 aliphatic carbocycles. The van der Waals surface area contributed by atoms with Crippen molar-refractivity contribution in [3.63, 3.8) is 0 Å². The standard InChI is InChI=1S/C10H7BrCl2N2S/c1-2-5-3-4-6(16-5)10-14-8(12)7(11)9(13)15-10/h3-4H,2H2,1H3. The van der Waals surface area contributed by atoms with Crippen LogP contribution in [0.2, 0.25) is 10.3 Å². The molecule has 0 fully saturated rings. The first-order valence-corrected chi connectivity index (χ1v) is 6.96. The van der Waals surface area contributed by atoms with Crippen molar-refractivity contribution < 1.29 is 0 Å². The zero-order valence-corrected chi connectivity index (χ0v) is 12.2. The highest BCUT2D eigenvalue weighted by Crippen LogP contribution is 2.32. The predicted octanol–water partition coefficient (Wildman–Crippen LogP) is 4.84. The summed E-state index contributed by atoms with van der Waals surface area (Å²) in [5.41, 5.74) is 0. The van der Waals surface area contributed by atoms with Crippen LogP contribution < -0.4 is 0 Å². The minimum absolute atomic E-state index is 0.335. The number of halogens is 3. The molecule has 2 aromatic rings. The van der Waals surface area contributed by atoms with Gasteiger partial charge >= 0.3 is 0 Å². The van der Waals surface area contributed by atoms with E-state index in [0.717, 1.165) is 11.3 Å². The Hall–Kier alpha value is -0.160. The van der Waals surface area contributed by atoms with E-state index >= 15 is 0 Å². The molecule has 0 atom stereocenters. The zero-order chi connectivity index (χ0) is 11.7. The topological polar surface area (TPSA) is 25.8 Å². The Labute approximate surface area is 116 Å². The van der Waals surface area contributed by atoms with Crippen LogP contribution in [0.15, 0.2) is 16.6 Å². The van der Waals surface area contributed by atoms with Crippen LogP contribution in [0.5, 0.6) is 0 Å². The third-order valence-corrected chi connectivity index (χ3v) is 4.98. The van der Waals surface area contributed by atoms with Gasteiger partial charge in [-0.25, -0.2) is 9.97 Å². The molecule has 0 bridgehead atoms. The van der Waals surface area contributed by atoms with E-state index in [1.54, 1.807) is 11.3 Å². The lowest BCUT2D eigenvalue weighted by atomic mass is 10.3. The Bertz CT molecular complexity index is 504. The molecule has 2 rings (SSSR count). The van der Waals surface area contributed by atoms with Gasteiger partial charge in [0, 0.05) is 4.88 Å². The zero-order valence-electron chi connectivity index (χ0n) is 8.30. The highest BCUT2D eigenvalue weighted by Gasteiger charge is 2.11. The first-order valence-electron chi connectivity index (χ1n) is 4.59. The van der Waals surface area contributed by atoms with Gasteiger partial charge in [0.05, 0.1) is 9.35 Å². The summed E-state index contributed by atoms with van der Waals surface area (Å²) in [5.74, 6) is 0.572. The molecule has 2 heterocycles. The maximum absolute atomic E-state index is 5.93. The second-order valence-electron chi connectivity index (χ2n) is 3.06. The molecule has 6 heteroatoms. The molecule has 0 unspecified atom stereocenters. The fourth-order valence-electron chi connectivity index (χ4n) is 1.19. The number of hydrogen-bond donors (Lipinski definition) is 0. The number of rotatable bonds is 2. The number of nitrogens with zero attached hydrogens (tertiary/aromatic N) is 2. The molecule has 0 saturated heterocycles. The lowest BCUT2D eigenvalue weighted by molar-refractivity contribution is 1.17. The van der Waals surface area contributed by atoms with E-state index in [0.29, 0.717) is 20.6 Å². The molecular formula is C10H7BrCl2N2S. The van der Waals surface area contributed by atoms with Crippen LogP contribution in [0.25, 0.3) is 10.7 Å². The first-order chi connectivity index (χ1) is 7.61. The molecule has 0 amide bonds. The molecule has 2 aromatic heterocycles. The molecule has 2 nitrogen and oxygen atoms in total. The summed E-state index contributed by atoms with van der Waals surface area (Å²) in [5, 5.41) is 0.669. The minimum atomic E-state index is 0.335. The van der Waals surface area contributed by atoms with E-state index in [1.807, 2.05) is 6.07 Å². The van der Waals surface area contributed by atoms with Crippen LogP contribution in [0.3, 0.4) is 0 Å². The Morgan fingerprint density at radius 2 is 1.88 bits per heavy atom. The molecule has 0 N–H and O–H groups in total. The van der Waals surface area contributed by atoms with E-state index in [2.05, 4.69) is 38.9 Å². The van der Waals surface area contributed by atoms with Gasteiger partial charge in [0.2, 0.25) is 0 Å². The number of hydrogen-bond acceptors (Lipinski definition) is 3. The van der Waals surface area contributed by atoms with Crippen molar-refractivity contribution >= 4 is 50.5 Å². The second-order valence-corrected chi connectivity index (χ2v) is 5.74. The largest absolute Gasteiger partial charge is 0.214 e.